The molecule has 0 atom stereocenters. The lowest BCUT2D eigenvalue weighted by Gasteiger charge is -2.33. The van der Waals surface area contributed by atoms with Gasteiger partial charge in [0.1, 0.15) is 5.82 Å². The summed E-state index contributed by atoms with van der Waals surface area (Å²) < 4.78 is 1.57. The van der Waals surface area contributed by atoms with Gasteiger partial charge in [-0.2, -0.15) is 0 Å². The zero-order valence-electron chi connectivity index (χ0n) is 12.6. The minimum atomic E-state index is -0.0450. The van der Waals surface area contributed by atoms with E-state index in [0.717, 1.165) is 38.9 Å². The summed E-state index contributed by atoms with van der Waals surface area (Å²) in [6, 6.07) is 8.80. The number of nitrogens with zero attached hydrogens (tertiary/aromatic N) is 3. The SMILES string of the molecule is CCN(c1cc(=O)c2ccccc2n1C=O)N1CCCC1.Cl. The Labute approximate surface area is 135 Å². The molecule has 0 spiro atoms. The van der Waals surface area contributed by atoms with Crippen LogP contribution in [0.25, 0.3) is 10.9 Å². The van der Waals surface area contributed by atoms with E-state index in [1.165, 1.54) is 0 Å². The number of hydrogen-bond acceptors (Lipinski definition) is 4. The standard InChI is InChI=1S/C16H19N3O2.ClH/c1-2-19(17-9-5-6-10-17)16-11-15(21)13-7-3-4-8-14(13)18(16)12-20;/h3-4,7-8,11-12H,2,5-6,9-10H2,1H3;1H. The van der Waals surface area contributed by atoms with Gasteiger partial charge in [0.05, 0.1) is 5.52 Å². The summed E-state index contributed by atoms with van der Waals surface area (Å²) >= 11 is 0. The number of hydrogen-bond donors (Lipinski definition) is 0. The number of anilines is 1. The predicted octanol–water partition coefficient (Wildman–Crippen LogP) is 2.30. The van der Waals surface area contributed by atoms with Crippen molar-refractivity contribution in [3.63, 3.8) is 0 Å². The predicted molar refractivity (Wildman–Crippen MR) is 91.4 cm³/mol. The minimum absolute atomic E-state index is 0. The molecule has 0 saturated carbocycles. The molecule has 0 aliphatic carbocycles. The third-order valence-corrected chi connectivity index (χ3v) is 4.03. The van der Waals surface area contributed by atoms with Crippen LogP contribution in [0.15, 0.2) is 35.1 Å². The number of halogens is 1. The Morgan fingerprint density at radius 2 is 1.91 bits per heavy atom. The highest BCUT2D eigenvalue weighted by Crippen LogP contribution is 2.22. The second-order valence-corrected chi connectivity index (χ2v) is 5.24. The van der Waals surface area contributed by atoms with Gasteiger partial charge in [0.25, 0.3) is 0 Å². The first-order chi connectivity index (χ1) is 10.3. The van der Waals surface area contributed by atoms with E-state index in [1.807, 2.05) is 30.1 Å². The Morgan fingerprint density at radius 1 is 1.23 bits per heavy atom. The van der Waals surface area contributed by atoms with E-state index in [1.54, 1.807) is 16.7 Å². The third-order valence-electron chi connectivity index (χ3n) is 4.03. The first-order valence-corrected chi connectivity index (χ1v) is 7.38. The minimum Gasteiger partial charge on any atom is -0.291 e. The van der Waals surface area contributed by atoms with E-state index >= 15 is 0 Å². The Balaban J connectivity index is 0.00000176. The van der Waals surface area contributed by atoms with Gasteiger partial charge in [-0.25, -0.2) is 5.01 Å². The highest BCUT2D eigenvalue weighted by Gasteiger charge is 2.22. The number of para-hydroxylation sites is 1. The molecule has 118 valence electrons. The third kappa shape index (κ3) is 2.74. The largest absolute Gasteiger partial charge is 0.291 e. The van der Waals surface area contributed by atoms with Crippen LogP contribution in [0.2, 0.25) is 0 Å². The average Bonchev–Trinajstić information content (AvgIpc) is 3.03. The van der Waals surface area contributed by atoms with Crippen molar-refractivity contribution in [1.82, 2.24) is 9.58 Å². The van der Waals surface area contributed by atoms with E-state index in [0.29, 0.717) is 16.7 Å². The van der Waals surface area contributed by atoms with Crippen LogP contribution in [0.4, 0.5) is 5.82 Å². The number of fused-ring (bicyclic) bond motifs is 1. The summed E-state index contributed by atoms with van der Waals surface area (Å²) in [6.45, 7) is 4.69. The molecule has 0 bridgehead atoms. The fourth-order valence-corrected chi connectivity index (χ4v) is 3.04. The second kappa shape index (κ2) is 6.94. The lowest BCUT2D eigenvalue weighted by atomic mass is 10.2. The zero-order valence-corrected chi connectivity index (χ0v) is 13.4. The molecular weight excluding hydrogens is 302 g/mol. The summed E-state index contributed by atoms with van der Waals surface area (Å²) in [5, 5.41) is 4.82. The highest BCUT2D eigenvalue weighted by molar-refractivity contribution is 5.87. The molecule has 2 aromatic rings. The van der Waals surface area contributed by atoms with Gasteiger partial charge in [0.2, 0.25) is 6.41 Å². The number of carbonyl (C=O) groups excluding carboxylic acids is 1. The molecule has 6 heteroatoms. The van der Waals surface area contributed by atoms with Crippen molar-refractivity contribution in [2.24, 2.45) is 0 Å². The van der Waals surface area contributed by atoms with Crippen LogP contribution >= 0.6 is 12.4 Å². The van der Waals surface area contributed by atoms with Crippen molar-refractivity contribution in [3.8, 4) is 0 Å². The lowest BCUT2D eigenvalue weighted by Crippen LogP contribution is -2.42. The number of hydrazine groups is 1. The van der Waals surface area contributed by atoms with Crippen molar-refractivity contribution in [2.75, 3.05) is 24.6 Å². The molecule has 1 fully saturated rings. The molecule has 0 N–H and O–H groups in total. The van der Waals surface area contributed by atoms with Gasteiger partial charge in [-0.3, -0.25) is 19.2 Å². The van der Waals surface area contributed by atoms with Gasteiger partial charge in [-0.15, -0.1) is 12.4 Å². The fraction of sp³-hybridized carbons (Fsp3) is 0.375. The quantitative estimate of drug-likeness (QED) is 0.811. The van der Waals surface area contributed by atoms with Crippen LogP contribution in [-0.4, -0.2) is 35.6 Å². The number of pyridine rings is 1. The number of carbonyl (C=O) groups is 1. The monoisotopic (exact) mass is 321 g/mol. The maximum absolute atomic E-state index is 12.3. The van der Waals surface area contributed by atoms with Gasteiger partial charge in [-0.05, 0) is 31.9 Å². The maximum atomic E-state index is 12.3. The van der Waals surface area contributed by atoms with E-state index in [2.05, 4.69) is 5.01 Å². The van der Waals surface area contributed by atoms with Gasteiger partial charge >= 0.3 is 0 Å². The van der Waals surface area contributed by atoms with Gasteiger partial charge in [0.15, 0.2) is 5.43 Å². The zero-order chi connectivity index (χ0) is 14.8. The molecule has 1 aliphatic heterocycles. The first-order valence-electron chi connectivity index (χ1n) is 7.38. The van der Waals surface area contributed by atoms with Crippen LogP contribution in [0.3, 0.4) is 0 Å². The van der Waals surface area contributed by atoms with E-state index < -0.39 is 0 Å². The van der Waals surface area contributed by atoms with E-state index in [-0.39, 0.29) is 17.8 Å². The molecule has 1 aliphatic rings. The average molecular weight is 322 g/mol. The molecule has 1 saturated heterocycles. The summed E-state index contributed by atoms with van der Waals surface area (Å²) in [5.41, 5.74) is 0.615. The summed E-state index contributed by atoms with van der Waals surface area (Å²) in [5.74, 6) is 0.651. The van der Waals surface area contributed by atoms with Crippen LogP contribution in [-0.2, 0) is 4.79 Å². The van der Waals surface area contributed by atoms with Crippen molar-refractivity contribution in [3.05, 3.63) is 40.6 Å². The highest BCUT2D eigenvalue weighted by atomic mass is 35.5. The van der Waals surface area contributed by atoms with Crippen LogP contribution in [0, 0.1) is 0 Å². The van der Waals surface area contributed by atoms with Crippen molar-refractivity contribution in [1.29, 1.82) is 0 Å². The molecule has 5 nitrogen and oxygen atoms in total. The molecule has 0 unspecified atom stereocenters. The Morgan fingerprint density at radius 3 is 2.55 bits per heavy atom. The normalized spacial score (nSPS) is 14.8. The molecule has 3 rings (SSSR count). The van der Waals surface area contributed by atoms with Gasteiger partial charge in [0, 0.05) is 31.1 Å². The molecule has 2 heterocycles. The summed E-state index contributed by atoms with van der Waals surface area (Å²) in [6.07, 6.45) is 3.08. The van der Waals surface area contributed by atoms with Crippen LogP contribution in [0.5, 0.6) is 0 Å². The van der Waals surface area contributed by atoms with Crippen molar-refractivity contribution < 1.29 is 4.79 Å². The fourth-order valence-electron chi connectivity index (χ4n) is 3.04. The maximum Gasteiger partial charge on any atom is 0.219 e. The molecule has 1 aromatic carbocycles. The molecule has 22 heavy (non-hydrogen) atoms. The lowest BCUT2D eigenvalue weighted by molar-refractivity contribution is 0.308. The number of aromatic nitrogens is 1. The summed E-state index contributed by atoms with van der Waals surface area (Å²) in [7, 11) is 0. The number of benzene rings is 1. The van der Waals surface area contributed by atoms with Crippen LogP contribution in [0.1, 0.15) is 19.8 Å². The van der Waals surface area contributed by atoms with Gasteiger partial charge in [-0.1, -0.05) is 12.1 Å². The molecule has 0 amide bonds. The number of rotatable bonds is 4. The smallest absolute Gasteiger partial charge is 0.219 e. The van der Waals surface area contributed by atoms with E-state index in [9.17, 15) is 9.59 Å². The molecule has 0 radical (unpaired) electrons. The van der Waals surface area contributed by atoms with Gasteiger partial charge < -0.3 is 0 Å². The Kier molecular flexibility index (Phi) is 5.21. The van der Waals surface area contributed by atoms with Crippen molar-refractivity contribution >= 4 is 35.5 Å². The van der Waals surface area contributed by atoms with E-state index in [4.69, 9.17) is 0 Å². The Hall–Kier alpha value is -1.85. The summed E-state index contributed by atoms with van der Waals surface area (Å²) in [4.78, 5) is 23.9. The first kappa shape index (κ1) is 16.5. The second-order valence-electron chi connectivity index (χ2n) is 5.24. The van der Waals surface area contributed by atoms with Crippen LogP contribution < -0.4 is 10.4 Å². The Bertz CT molecular complexity index is 723. The topological polar surface area (TPSA) is 45.6 Å². The van der Waals surface area contributed by atoms with Crippen molar-refractivity contribution in [2.45, 2.75) is 19.8 Å². The molecular formula is C16H20ClN3O2. The molecule has 1 aromatic heterocycles.